The SMILES string of the molecule is N=C1C=CC(=Nc2ccc3nc4ccc(=Nc5ccc6nc7ccc(Nc8ccc9c(c8)N(c8ccccc8)c8cc(Nc%10ccccc%10)ccc8N9)cc7[n+](-c7ccccc7)c6c5)cc-4n(-c4ccccc4)c3c2)C=C1. The number of para-hydroxylation sites is 4. The molecule has 14 rings (SSSR count). The summed E-state index contributed by atoms with van der Waals surface area (Å²) in [5, 5.41) is 19.8. The lowest BCUT2D eigenvalue weighted by Crippen LogP contribution is -2.33. The van der Waals surface area contributed by atoms with Crippen LogP contribution in [0.5, 0.6) is 0 Å². The molecule has 4 N–H and O–H groups in total. The molecule has 2 aliphatic carbocycles. The number of nitrogens with one attached hydrogen (secondary N) is 4. The second-order valence-corrected chi connectivity index (χ2v) is 18.9. The molecule has 11 nitrogen and oxygen atoms in total. The van der Waals surface area contributed by atoms with Crippen molar-refractivity contribution >= 4 is 107 Å². The Bertz CT molecular complexity index is 4420. The Hall–Kier alpha value is -10.8. The minimum atomic E-state index is 0.448. The van der Waals surface area contributed by atoms with Crippen molar-refractivity contribution in [2.45, 2.75) is 0 Å². The molecule has 364 valence electrons. The van der Waals surface area contributed by atoms with E-state index in [9.17, 15) is 0 Å². The van der Waals surface area contributed by atoms with Gasteiger partial charge in [-0.3, -0.25) is 0 Å². The summed E-state index contributed by atoms with van der Waals surface area (Å²) in [5.41, 5.74) is 20.9. The van der Waals surface area contributed by atoms with Gasteiger partial charge in [0.1, 0.15) is 11.0 Å². The van der Waals surface area contributed by atoms with E-state index in [1.807, 2.05) is 84.9 Å². The molecule has 0 unspecified atom stereocenters. The number of hydrogen-bond donors (Lipinski definition) is 4. The second kappa shape index (κ2) is 18.9. The van der Waals surface area contributed by atoms with Crippen LogP contribution < -0.4 is 30.8 Å². The molecule has 0 amide bonds. The van der Waals surface area contributed by atoms with Gasteiger partial charge in [0, 0.05) is 58.4 Å². The van der Waals surface area contributed by atoms with E-state index in [1.165, 1.54) is 0 Å². The molecule has 10 aromatic rings. The first kappa shape index (κ1) is 44.9. The fourth-order valence-electron chi connectivity index (χ4n) is 10.3. The van der Waals surface area contributed by atoms with Gasteiger partial charge >= 0.3 is 0 Å². The third kappa shape index (κ3) is 8.69. The van der Waals surface area contributed by atoms with Gasteiger partial charge in [-0.2, -0.15) is 0 Å². The summed E-state index contributed by atoms with van der Waals surface area (Å²) in [5.74, 6) is 0. The van der Waals surface area contributed by atoms with Crippen molar-refractivity contribution in [2.75, 3.05) is 20.9 Å². The Kier molecular flexibility index (Phi) is 11.0. The number of aliphatic imine (C=N–C) groups is 1. The van der Waals surface area contributed by atoms with Gasteiger partial charge in [-0.15, -0.1) is 4.57 Å². The molecule has 0 atom stereocenters. The first-order chi connectivity index (χ1) is 38.0. The minimum Gasteiger partial charge on any atom is -0.355 e. The molecule has 1 aromatic heterocycles. The Labute approximate surface area is 443 Å². The van der Waals surface area contributed by atoms with Crippen LogP contribution in [0, 0.1) is 5.41 Å². The van der Waals surface area contributed by atoms with Crippen molar-refractivity contribution in [2.24, 2.45) is 9.98 Å². The Balaban J connectivity index is 0.851. The van der Waals surface area contributed by atoms with Gasteiger partial charge in [0.25, 0.3) is 0 Å². The highest BCUT2D eigenvalue weighted by Gasteiger charge is 2.26. The van der Waals surface area contributed by atoms with Crippen LogP contribution in [0.4, 0.5) is 62.6 Å². The van der Waals surface area contributed by atoms with Crippen molar-refractivity contribution in [1.29, 1.82) is 5.41 Å². The van der Waals surface area contributed by atoms with Crippen LogP contribution in [-0.2, 0) is 0 Å². The fraction of sp³-hybridized carbons (Fsp3) is 0. The maximum absolute atomic E-state index is 7.92. The van der Waals surface area contributed by atoms with Crippen LogP contribution >= 0.6 is 0 Å². The molecule has 11 heteroatoms. The van der Waals surface area contributed by atoms with Crippen LogP contribution in [0.1, 0.15) is 0 Å². The summed E-state index contributed by atoms with van der Waals surface area (Å²) in [7, 11) is 0. The zero-order valence-corrected chi connectivity index (χ0v) is 41.4. The molecule has 9 aromatic carbocycles. The molecule has 77 heavy (non-hydrogen) atoms. The van der Waals surface area contributed by atoms with E-state index in [0.29, 0.717) is 5.71 Å². The lowest BCUT2D eigenvalue weighted by atomic mass is 10.1. The molecule has 0 bridgehead atoms. The second-order valence-electron chi connectivity index (χ2n) is 18.9. The lowest BCUT2D eigenvalue weighted by Gasteiger charge is -2.34. The molecule has 2 aliphatic heterocycles. The molecule has 4 aliphatic rings. The average Bonchev–Trinajstić information content (AvgIpc) is 3.49. The highest BCUT2D eigenvalue weighted by Crippen LogP contribution is 2.50. The van der Waals surface area contributed by atoms with E-state index in [-0.39, 0.29) is 0 Å². The van der Waals surface area contributed by atoms with Crippen LogP contribution in [-0.4, -0.2) is 26.0 Å². The van der Waals surface area contributed by atoms with Crippen molar-refractivity contribution < 1.29 is 4.57 Å². The third-order valence-corrected chi connectivity index (χ3v) is 13.8. The monoisotopic (exact) mass is 992 g/mol. The molecule has 0 fully saturated rings. The van der Waals surface area contributed by atoms with Gasteiger partial charge in [0.05, 0.1) is 73.3 Å². The van der Waals surface area contributed by atoms with E-state index >= 15 is 0 Å². The first-order valence-electron chi connectivity index (χ1n) is 25.4. The Morgan fingerprint density at radius 3 is 1.73 bits per heavy atom. The Morgan fingerprint density at radius 2 is 1.03 bits per heavy atom. The highest BCUT2D eigenvalue weighted by atomic mass is 15.2. The summed E-state index contributed by atoms with van der Waals surface area (Å²) in [6.07, 6.45) is 7.23. The van der Waals surface area contributed by atoms with Gasteiger partial charge < -0.3 is 30.8 Å². The van der Waals surface area contributed by atoms with Crippen molar-refractivity contribution in [1.82, 2.24) is 14.5 Å². The standard InChI is InChI=1S/C66H45N11/c67-43-21-23-45(24-22-43)69-47-26-32-56-62(38-47)76(53-17-9-3-10-18-53)64-40-49(28-34-58(64)73-56)71-51-30-36-60-66(42-51)77(54-19-11-4-12-20-54)65-41-50(29-35-59(65)74-60)70-48-27-33-57-63(39-48)75(52-15-7-2-8-16-52)61-37-46(25-31-55(61)72-57)68-44-13-5-1-6-14-44/h1-42H,(H3,67,68,69,70,71,72,73,74)/p+1. The quantitative estimate of drug-likeness (QED) is 0.0649. The highest BCUT2D eigenvalue weighted by molar-refractivity contribution is 6.18. The first-order valence-corrected chi connectivity index (χ1v) is 25.4. The van der Waals surface area contributed by atoms with Crippen molar-refractivity contribution in [3.63, 3.8) is 0 Å². The average molecular weight is 993 g/mol. The topological polar surface area (TPSA) is 122 Å². The third-order valence-electron chi connectivity index (χ3n) is 13.8. The number of aromatic nitrogens is 4. The summed E-state index contributed by atoms with van der Waals surface area (Å²) in [6, 6.07) is 79.2. The van der Waals surface area contributed by atoms with E-state index in [4.69, 9.17) is 25.4 Å². The number of allylic oxidation sites excluding steroid dienone is 4. The van der Waals surface area contributed by atoms with Gasteiger partial charge in [-0.1, -0.05) is 72.8 Å². The van der Waals surface area contributed by atoms with E-state index in [2.05, 4.69) is 188 Å². The lowest BCUT2D eigenvalue weighted by molar-refractivity contribution is -0.538. The summed E-state index contributed by atoms with van der Waals surface area (Å²) < 4.78 is 4.51. The summed E-state index contributed by atoms with van der Waals surface area (Å²) in [6.45, 7) is 0. The summed E-state index contributed by atoms with van der Waals surface area (Å²) >= 11 is 0. The van der Waals surface area contributed by atoms with Gasteiger partial charge in [0.2, 0.25) is 16.7 Å². The maximum Gasteiger partial charge on any atom is 0.239 e. The molecule has 0 saturated heterocycles. The maximum atomic E-state index is 7.92. The van der Waals surface area contributed by atoms with Crippen LogP contribution in [0.25, 0.3) is 55.9 Å². The molecule has 0 spiro atoms. The molecular weight excluding hydrogens is 947 g/mol. The number of nitrogens with zero attached hydrogens (tertiary/aromatic N) is 7. The van der Waals surface area contributed by atoms with Gasteiger partial charge in [0.15, 0.2) is 0 Å². The number of hydrogen-bond acceptors (Lipinski definition) is 9. The molecule has 0 radical (unpaired) electrons. The molecule has 3 heterocycles. The number of anilines is 9. The van der Waals surface area contributed by atoms with Gasteiger partial charge in [-0.05, 0) is 158 Å². The summed E-state index contributed by atoms with van der Waals surface area (Å²) in [4.78, 5) is 22.9. The van der Waals surface area contributed by atoms with Crippen LogP contribution in [0.3, 0.4) is 0 Å². The zero-order chi connectivity index (χ0) is 51.2. The van der Waals surface area contributed by atoms with E-state index in [0.717, 1.165) is 129 Å². The van der Waals surface area contributed by atoms with Crippen molar-refractivity contribution in [3.05, 3.63) is 260 Å². The normalized spacial score (nSPS) is 13.0. The minimum absolute atomic E-state index is 0.448. The Morgan fingerprint density at radius 1 is 0.455 bits per heavy atom. The zero-order valence-electron chi connectivity index (χ0n) is 41.4. The van der Waals surface area contributed by atoms with E-state index < -0.39 is 0 Å². The fourth-order valence-corrected chi connectivity index (χ4v) is 10.3. The molecular formula is C66H46N11+. The largest absolute Gasteiger partial charge is 0.355 e. The predicted molar refractivity (Wildman–Crippen MR) is 314 cm³/mol. The number of rotatable bonds is 9. The van der Waals surface area contributed by atoms with Gasteiger partial charge in [-0.25, -0.2) is 20.0 Å². The van der Waals surface area contributed by atoms with E-state index in [1.54, 1.807) is 12.2 Å². The van der Waals surface area contributed by atoms with Crippen LogP contribution in [0.2, 0.25) is 0 Å². The number of fused-ring (bicyclic) bond motifs is 6. The predicted octanol–water partition coefficient (Wildman–Crippen LogP) is 15.6. The number of benzene rings is 10. The molecule has 0 saturated carbocycles. The smallest absolute Gasteiger partial charge is 0.239 e. The van der Waals surface area contributed by atoms with Crippen molar-refractivity contribution in [3.8, 4) is 22.8 Å². The van der Waals surface area contributed by atoms with Crippen LogP contribution in [0.15, 0.2) is 265 Å².